The monoisotopic (exact) mass is 494 g/mol. The molecule has 3 aromatic rings. The SMILES string of the molecule is Cc1ccc([C@@H]2CCO[P@@](=O)(COc3cc(C)c(Cc4ccc(O)c(C(C)C)c4)c(C)c3)O2)cc1. The summed E-state index contributed by atoms with van der Waals surface area (Å²) < 4.78 is 30.7. The Kier molecular flexibility index (Phi) is 7.70. The van der Waals surface area contributed by atoms with Gasteiger partial charge in [0, 0.05) is 6.42 Å². The number of phenols is 1. The smallest absolute Gasteiger partial charge is 0.368 e. The molecule has 1 heterocycles. The minimum atomic E-state index is -3.37. The van der Waals surface area contributed by atoms with Crippen LogP contribution in [0.1, 0.15) is 71.2 Å². The predicted molar refractivity (Wildman–Crippen MR) is 140 cm³/mol. The van der Waals surface area contributed by atoms with Gasteiger partial charge in [0.05, 0.1) is 12.7 Å². The first-order valence-corrected chi connectivity index (χ1v) is 13.9. The number of phenolic OH excluding ortho intramolecular Hbond substituents is 1. The van der Waals surface area contributed by atoms with Crippen LogP contribution < -0.4 is 4.74 Å². The molecule has 4 rings (SSSR count). The molecular weight excluding hydrogens is 459 g/mol. The molecule has 35 heavy (non-hydrogen) atoms. The number of aryl methyl sites for hydroxylation is 3. The largest absolute Gasteiger partial charge is 0.508 e. The molecule has 0 aliphatic carbocycles. The van der Waals surface area contributed by atoms with E-state index < -0.39 is 7.60 Å². The molecule has 0 radical (unpaired) electrons. The van der Waals surface area contributed by atoms with Gasteiger partial charge in [-0.3, -0.25) is 9.09 Å². The van der Waals surface area contributed by atoms with Crippen molar-refractivity contribution >= 4 is 7.60 Å². The lowest BCUT2D eigenvalue weighted by molar-refractivity contribution is 0.0725. The Morgan fingerprint density at radius 2 is 1.71 bits per heavy atom. The minimum absolute atomic E-state index is 0.122. The average molecular weight is 495 g/mol. The van der Waals surface area contributed by atoms with Crippen LogP contribution in [0, 0.1) is 20.8 Å². The molecule has 186 valence electrons. The topological polar surface area (TPSA) is 65.0 Å². The van der Waals surface area contributed by atoms with Crippen LogP contribution in [0.3, 0.4) is 0 Å². The van der Waals surface area contributed by atoms with Crippen LogP contribution >= 0.6 is 7.60 Å². The number of aromatic hydroxyl groups is 1. The van der Waals surface area contributed by atoms with Gasteiger partial charge in [-0.2, -0.15) is 0 Å². The Morgan fingerprint density at radius 3 is 2.37 bits per heavy atom. The minimum Gasteiger partial charge on any atom is -0.508 e. The fourth-order valence-electron chi connectivity index (χ4n) is 4.50. The summed E-state index contributed by atoms with van der Waals surface area (Å²) in [5.74, 6) is 1.25. The number of ether oxygens (including phenoxy) is 1. The predicted octanol–water partition coefficient (Wildman–Crippen LogP) is 7.74. The number of hydrogen-bond acceptors (Lipinski definition) is 5. The zero-order valence-electron chi connectivity index (χ0n) is 21.2. The van der Waals surface area contributed by atoms with Crippen LogP contribution in [-0.2, 0) is 20.0 Å². The van der Waals surface area contributed by atoms with Gasteiger partial charge in [-0.25, -0.2) is 0 Å². The molecular formula is C29H35O5P. The molecule has 1 N–H and O–H groups in total. The Labute approximate surface area is 208 Å². The van der Waals surface area contributed by atoms with E-state index in [9.17, 15) is 9.67 Å². The summed E-state index contributed by atoms with van der Waals surface area (Å²) in [5.41, 5.74) is 7.70. The molecule has 0 aromatic heterocycles. The molecule has 5 nitrogen and oxygen atoms in total. The van der Waals surface area contributed by atoms with E-state index in [2.05, 4.69) is 33.8 Å². The van der Waals surface area contributed by atoms with Gasteiger partial charge in [-0.1, -0.05) is 55.8 Å². The molecule has 0 amide bonds. The van der Waals surface area contributed by atoms with Gasteiger partial charge in [0.15, 0.2) is 6.35 Å². The zero-order valence-corrected chi connectivity index (χ0v) is 22.1. The molecule has 6 heteroatoms. The molecule has 0 saturated carbocycles. The van der Waals surface area contributed by atoms with E-state index in [-0.39, 0.29) is 18.4 Å². The Hall–Kier alpha value is -2.59. The molecule has 0 bridgehead atoms. The fourth-order valence-corrected chi connectivity index (χ4v) is 6.00. The maximum atomic E-state index is 13.3. The first-order valence-electron chi connectivity index (χ1n) is 12.2. The third-order valence-electron chi connectivity index (χ3n) is 6.56. The van der Waals surface area contributed by atoms with E-state index in [0.717, 1.165) is 34.2 Å². The lowest BCUT2D eigenvalue weighted by Gasteiger charge is -2.30. The highest BCUT2D eigenvalue weighted by Gasteiger charge is 2.35. The number of benzene rings is 3. The Bertz CT molecular complexity index is 1210. The van der Waals surface area contributed by atoms with E-state index in [4.69, 9.17) is 13.8 Å². The van der Waals surface area contributed by atoms with E-state index in [1.165, 1.54) is 11.1 Å². The molecule has 0 unspecified atom stereocenters. The van der Waals surface area contributed by atoms with Crippen molar-refractivity contribution in [3.63, 3.8) is 0 Å². The normalized spacial score (nSPS) is 20.2. The maximum Gasteiger partial charge on any atom is 0.368 e. The van der Waals surface area contributed by atoms with Crippen LogP contribution in [0.25, 0.3) is 0 Å². The van der Waals surface area contributed by atoms with Crippen LogP contribution in [0.2, 0.25) is 0 Å². The quantitative estimate of drug-likeness (QED) is 0.340. The molecule has 1 aliphatic heterocycles. The average Bonchev–Trinajstić information content (AvgIpc) is 2.81. The van der Waals surface area contributed by atoms with Crippen molar-refractivity contribution in [3.8, 4) is 11.5 Å². The summed E-state index contributed by atoms with van der Waals surface area (Å²) in [6.07, 6.45) is 1.05. The molecule has 1 fully saturated rings. The Morgan fingerprint density at radius 1 is 1.03 bits per heavy atom. The van der Waals surface area contributed by atoms with Gasteiger partial charge in [0.1, 0.15) is 11.5 Å². The summed E-state index contributed by atoms with van der Waals surface area (Å²) >= 11 is 0. The third-order valence-corrected chi connectivity index (χ3v) is 8.16. The first kappa shape index (κ1) is 25.5. The standard InChI is InChI=1S/C29H35O5P/c1-19(2)26-16-23(8-11-28(26)30)17-27-21(4)14-25(15-22(27)5)32-18-35(31)33-13-12-29(34-35)24-9-6-20(3)7-10-24/h6-11,14-16,19,29-30H,12-13,17-18H2,1-5H3/t29-,35-/m0/s1. The van der Waals surface area contributed by atoms with E-state index in [1.54, 1.807) is 6.07 Å². The molecule has 2 atom stereocenters. The van der Waals surface area contributed by atoms with Crippen LogP contribution in [0.5, 0.6) is 11.5 Å². The maximum absolute atomic E-state index is 13.3. The second-order valence-corrected chi connectivity index (χ2v) is 11.7. The molecule has 3 aromatic carbocycles. The number of rotatable bonds is 7. The van der Waals surface area contributed by atoms with Crippen molar-refractivity contribution in [3.05, 3.63) is 93.5 Å². The highest BCUT2D eigenvalue weighted by atomic mass is 31.2. The van der Waals surface area contributed by atoms with Crippen molar-refractivity contribution in [1.29, 1.82) is 0 Å². The van der Waals surface area contributed by atoms with Gasteiger partial charge < -0.3 is 14.4 Å². The van der Waals surface area contributed by atoms with E-state index in [0.29, 0.717) is 24.5 Å². The molecule has 0 spiro atoms. The summed E-state index contributed by atoms with van der Waals surface area (Å²) in [7, 11) is -3.37. The van der Waals surface area contributed by atoms with Gasteiger partial charge in [0.2, 0.25) is 0 Å². The highest BCUT2D eigenvalue weighted by Crippen LogP contribution is 2.56. The van der Waals surface area contributed by atoms with Crippen molar-refractivity contribution in [1.82, 2.24) is 0 Å². The van der Waals surface area contributed by atoms with Crippen molar-refractivity contribution in [2.45, 2.75) is 59.5 Å². The summed E-state index contributed by atoms with van der Waals surface area (Å²) in [6.45, 7) is 10.7. The third kappa shape index (κ3) is 6.16. The summed E-state index contributed by atoms with van der Waals surface area (Å²) in [4.78, 5) is 0. The second kappa shape index (κ2) is 10.6. The lowest BCUT2D eigenvalue weighted by Crippen LogP contribution is -2.17. The van der Waals surface area contributed by atoms with E-state index >= 15 is 0 Å². The van der Waals surface area contributed by atoms with Crippen molar-refractivity contribution in [2.75, 3.05) is 13.0 Å². The zero-order chi connectivity index (χ0) is 25.2. The summed E-state index contributed by atoms with van der Waals surface area (Å²) in [5, 5.41) is 10.1. The van der Waals surface area contributed by atoms with Crippen LogP contribution in [-0.4, -0.2) is 18.1 Å². The van der Waals surface area contributed by atoms with Gasteiger partial charge in [-0.15, -0.1) is 0 Å². The van der Waals surface area contributed by atoms with E-state index in [1.807, 2.05) is 49.4 Å². The lowest BCUT2D eigenvalue weighted by atomic mass is 9.93. The van der Waals surface area contributed by atoms with Crippen molar-refractivity contribution < 1.29 is 23.5 Å². The number of hydrogen-bond donors (Lipinski definition) is 1. The molecule has 1 saturated heterocycles. The fraction of sp³-hybridized carbons (Fsp3) is 0.379. The van der Waals surface area contributed by atoms with Gasteiger partial charge in [0.25, 0.3) is 0 Å². The highest BCUT2D eigenvalue weighted by molar-refractivity contribution is 7.53. The van der Waals surface area contributed by atoms with Gasteiger partial charge >= 0.3 is 7.60 Å². The van der Waals surface area contributed by atoms with Gasteiger partial charge in [-0.05, 0) is 84.7 Å². The summed E-state index contributed by atoms with van der Waals surface area (Å²) in [6, 6.07) is 17.9. The second-order valence-electron chi connectivity index (χ2n) is 9.77. The van der Waals surface area contributed by atoms with Crippen LogP contribution in [0.15, 0.2) is 54.6 Å². The van der Waals surface area contributed by atoms with Crippen molar-refractivity contribution in [2.24, 2.45) is 0 Å². The molecule has 1 aliphatic rings. The first-order chi connectivity index (χ1) is 16.6. The Balaban J connectivity index is 1.44. The van der Waals surface area contributed by atoms with Crippen LogP contribution in [0.4, 0.5) is 0 Å².